The summed E-state index contributed by atoms with van der Waals surface area (Å²) >= 11 is 0. The van der Waals surface area contributed by atoms with E-state index in [-0.39, 0.29) is 30.5 Å². The quantitative estimate of drug-likeness (QED) is 0.770. The number of hydrogen-bond donors (Lipinski definition) is 2. The van der Waals surface area contributed by atoms with Gasteiger partial charge in [-0.2, -0.15) is 0 Å². The van der Waals surface area contributed by atoms with Gasteiger partial charge in [0.15, 0.2) is 0 Å². The van der Waals surface area contributed by atoms with Crippen molar-refractivity contribution in [3.8, 4) is 0 Å². The molecule has 0 radical (unpaired) electrons. The lowest BCUT2D eigenvalue weighted by Crippen LogP contribution is -2.51. The van der Waals surface area contributed by atoms with Crippen LogP contribution >= 0.6 is 0 Å². The first-order valence-corrected chi connectivity index (χ1v) is 6.88. The monoisotopic (exact) mass is 270 g/mol. The summed E-state index contributed by atoms with van der Waals surface area (Å²) in [6.07, 6.45) is 1.58. The molecule has 2 aliphatic rings. The molecule has 2 N–H and O–H groups in total. The van der Waals surface area contributed by atoms with Crippen molar-refractivity contribution < 1.29 is 19.8 Å². The van der Waals surface area contributed by atoms with Crippen LogP contribution in [-0.4, -0.2) is 63.8 Å². The summed E-state index contributed by atoms with van der Waals surface area (Å²) in [6.45, 7) is 4.90. The van der Waals surface area contributed by atoms with Gasteiger partial charge in [0.05, 0.1) is 12.6 Å². The Morgan fingerprint density at radius 3 is 2.26 bits per heavy atom. The number of carboxylic acids is 1. The lowest BCUT2D eigenvalue weighted by molar-refractivity contribution is -0.142. The van der Waals surface area contributed by atoms with Crippen LogP contribution in [0.2, 0.25) is 0 Å². The Hall–Kier alpha value is -1.30. The summed E-state index contributed by atoms with van der Waals surface area (Å²) in [5, 5.41) is 18.7. The molecule has 19 heavy (non-hydrogen) atoms. The Bertz CT molecular complexity index is 374. The highest BCUT2D eigenvalue weighted by Gasteiger charge is 2.44. The van der Waals surface area contributed by atoms with Crippen molar-refractivity contribution in [2.75, 3.05) is 19.7 Å². The molecule has 2 heterocycles. The van der Waals surface area contributed by atoms with Gasteiger partial charge in [0, 0.05) is 13.1 Å². The molecule has 108 valence electrons. The standard InChI is InChI=1S/C13H22N2O4/c1-8-3-5-14(10(8)7-16)13(19)15-6-4-9(2)11(15)12(17)18/h8-11,16H,3-7H2,1-2H3,(H,17,18). The third kappa shape index (κ3) is 2.41. The first-order chi connectivity index (χ1) is 8.97. The van der Waals surface area contributed by atoms with Gasteiger partial charge >= 0.3 is 12.0 Å². The number of rotatable bonds is 2. The van der Waals surface area contributed by atoms with Crippen LogP contribution in [0.5, 0.6) is 0 Å². The number of aliphatic hydroxyl groups is 1. The lowest BCUT2D eigenvalue weighted by atomic mass is 10.0. The van der Waals surface area contributed by atoms with E-state index in [0.29, 0.717) is 13.1 Å². The topological polar surface area (TPSA) is 81.1 Å². The van der Waals surface area contributed by atoms with Gasteiger partial charge in [-0.3, -0.25) is 0 Å². The number of likely N-dealkylation sites (tertiary alicyclic amines) is 2. The third-order valence-corrected chi connectivity index (χ3v) is 4.51. The van der Waals surface area contributed by atoms with E-state index < -0.39 is 12.0 Å². The first kappa shape index (κ1) is 14.1. The van der Waals surface area contributed by atoms with Gasteiger partial charge in [0.1, 0.15) is 6.04 Å². The predicted molar refractivity (Wildman–Crippen MR) is 68.7 cm³/mol. The molecule has 2 saturated heterocycles. The Morgan fingerprint density at radius 2 is 1.68 bits per heavy atom. The summed E-state index contributed by atoms with van der Waals surface area (Å²) in [5.41, 5.74) is 0. The minimum absolute atomic E-state index is 0.0194. The van der Waals surface area contributed by atoms with E-state index in [0.717, 1.165) is 12.8 Å². The highest BCUT2D eigenvalue weighted by atomic mass is 16.4. The van der Waals surface area contributed by atoms with Gasteiger partial charge in [-0.1, -0.05) is 13.8 Å². The van der Waals surface area contributed by atoms with E-state index >= 15 is 0 Å². The molecule has 0 aliphatic carbocycles. The van der Waals surface area contributed by atoms with Crippen LogP contribution < -0.4 is 0 Å². The molecule has 4 unspecified atom stereocenters. The Balaban J connectivity index is 2.13. The van der Waals surface area contributed by atoms with Gasteiger partial charge in [0.2, 0.25) is 0 Å². The predicted octanol–water partition coefficient (Wildman–Crippen LogP) is 0.604. The van der Waals surface area contributed by atoms with Crippen molar-refractivity contribution in [1.29, 1.82) is 0 Å². The van der Waals surface area contributed by atoms with Crippen molar-refractivity contribution in [3.63, 3.8) is 0 Å². The second-order valence-corrected chi connectivity index (χ2v) is 5.73. The fourth-order valence-electron chi connectivity index (χ4n) is 3.23. The van der Waals surface area contributed by atoms with Crippen molar-refractivity contribution in [1.82, 2.24) is 9.80 Å². The van der Waals surface area contributed by atoms with Crippen molar-refractivity contribution in [2.45, 2.75) is 38.8 Å². The normalized spacial score (nSPS) is 34.9. The molecule has 0 saturated carbocycles. The van der Waals surface area contributed by atoms with E-state index in [9.17, 15) is 19.8 Å². The van der Waals surface area contributed by atoms with Gasteiger partial charge in [0.25, 0.3) is 0 Å². The van der Waals surface area contributed by atoms with Gasteiger partial charge in [-0.05, 0) is 24.7 Å². The van der Waals surface area contributed by atoms with E-state index in [1.54, 1.807) is 4.90 Å². The zero-order valence-corrected chi connectivity index (χ0v) is 11.5. The van der Waals surface area contributed by atoms with Crippen LogP contribution in [-0.2, 0) is 4.79 Å². The Morgan fingerprint density at radius 1 is 1.11 bits per heavy atom. The molecule has 0 spiro atoms. The molecular weight excluding hydrogens is 248 g/mol. The van der Waals surface area contributed by atoms with Crippen molar-refractivity contribution in [2.24, 2.45) is 11.8 Å². The fourth-order valence-corrected chi connectivity index (χ4v) is 3.23. The average Bonchev–Trinajstić information content (AvgIpc) is 2.91. The van der Waals surface area contributed by atoms with Gasteiger partial charge in [-0.25, -0.2) is 9.59 Å². The second kappa shape index (κ2) is 5.36. The Labute approximate surface area is 113 Å². The maximum atomic E-state index is 12.5. The van der Waals surface area contributed by atoms with Crippen molar-refractivity contribution in [3.05, 3.63) is 0 Å². The van der Waals surface area contributed by atoms with Crippen LogP contribution in [0, 0.1) is 11.8 Å². The third-order valence-electron chi connectivity index (χ3n) is 4.51. The number of nitrogens with zero attached hydrogens (tertiary/aromatic N) is 2. The molecule has 0 bridgehead atoms. The molecule has 0 aromatic heterocycles. The first-order valence-electron chi connectivity index (χ1n) is 6.88. The van der Waals surface area contributed by atoms with E-state index in [2.05, 4.69) is 0 Å². The molecule has 0 aromatic carbocycles. The SMILES string of the molecule is CC1CCN(C(=O)N2CCC(C)C2C(=O)O)C1CO. The van der Waals surface area contributed by atoms with Gasteiger partial charge < -0.3 is 20.0 Å². The molecule has 0 aromatic rings. The maximum absolute atomic E-state index is 12.5. The largest absolute Gasteiger partial charge is 0.480 e. The molecule has 4 atom stereocenters. The Kier molecular flexibility index (Phi) is 3.99. The number of carbonyl (C=O) groups is 2. The zero-order chi connectivity index (χ0) is 14.2. The van der Waals surface area contributed by atoms with E-state index in [4.69, 9.17) is 0 Å². The van der Waals surface area contributed by atoms with E-state index in [1.165, 1.54) is 4.90 Å². The number of aliphatic hydroxyl groups excluding tert-OH is 1. The van der Waals surface area contributed by atoms with Crippen molar-refractivity contribution >= 4 is 12.0 Å². The lowest BCUT2D eigenvalue weighted by Gasteiger charge is -2.32. The molecule has 6 heteroatoms. The molecule has 2 rings (SSSR count). The average molecular weight is 270 g/mol. The van der Waals surface area contributed by atoms with E-state index in [1.807, 2.05) is 13.8 Å². The summed E-state index contributed by atoms with van der Waals surface area (Å²) in [7, 11) is 0. The summed E-state index contributed by atoms with van der Waals surface area (Å²) in [6, 6.07) is -1.15. The smallest absolute Gasteiger partial charge is 0.326 e. The highest BCUT2D eigenvalue weighted by Crippen LogP contribution is 2.29. The van der Waals surface area contributed by atoms with Crippen LogP contribution in [0.1, 0.15) is 26.7 Å². The summed E-state index contributed by atoms with van der Waals surface area (Å²) < 4.78 is 0. The van der Waals surface area contributed by atoms with Gasteiger partial charge in [-0.15, -0.1) is 0 Å². The minimum Gasteiger partial charge on any atom is -0.480 e. The van der Waals surface area contributed by atoms with Crippen LogP contribution in [0.15, 0.2) is 0 Å². The summed E-state index contributed by atoms with van der Waals surface area (Å²) in [5.74, 6) is -0.697. The summed E-state index contributed by atoms with van der Waals surface area (Å²) in [4.78, 5) is 26.9. The minimum atomic E-state index is -0.939. The number of aliphatic carboxylic acids is 1. The fraction of sp³-hybridized carbons (Fsp3) is 0.846. The molecule has 2 amide bonds. The van der Waals surface area contributed by atoms with Crippen LogP contribution in [0.3, 0.4) is 0 Å². The molecule has 2 fully saturated rings. The zero-order valence-electron chi connectivity index (χ0n) is 11.5. The second-order valence-electron chi connectivity index (χ2n) is 5.73. The maximum Gasteiger partial charge on any atom is 0.326 e. The number of carboxylic acid groups (broad SMARTS) is 1. The number of hydrogen-bond acceptors (Lipinski definition) is 3. The number of urea groups is 1. The van der Waals surface area contributed by atoms with Crippen LogP contribution in [0.4, 0.5) is 4.79 Å². The number of carbonyl (C=O) groups excluding carboxylic acids is 1. The molecule has 6 nitrogen and oxygen atoms in total. The highest BCUT2D eigenvalue weighted by molar-refractivity contribution is 5.84. The molecular formula is C13H22N2O4. The number of amides is 2. The van der Waals surface area contributed by atoms with Crippen LogP contribution in [0.25, 0.3) is 0 Å². The molecule has 2 aliphatic heterocycles.